The van der Waals surface area contributed by atoms with Crippen LogP contribution in [0, 0.1) is 0 Å². The van der Waals surface area contributed by atoms with Crippen LogP contribution in [0.15, 0.2) is 27.2 Å². The number of halogens is 2. The van der Waals surface area contributed by atoms with Crippen LogP contribution in [0.4, 0.5) is 0 Å². The lowest BCUT2D eigenvalue weighted by atomic mass is 10.2. The Morgan fingerprint density at radius 1 is 1.50 bits per heavy atom. The molecule has 2 N–H and O–H groups in total. The van der Waals surface area contributed by atoms with E-state index in [0.717, 1.165) is 16.5 Å². The van der Waals surface area contributed by atoms with Crippen molar-refractivity contribution in [3.63, 3.8) is 0 Å². The first-order valence-electron chi connectivity index (χ1n) is 5.63. The van der Waals surface area contributed by atoms with Gasteiger partial charge in [-0.15, -0.1) is 0 Å². The smallest absolute Gasteiger partial charge is 0.228 e. The van der Waals surface area contributed by atoms with E-state index in [2.05, 4.69) is 26.1 Å². The number of nitrogens with two attached hydrogens (primary N) is 1. The second-order valence-corrected chi connectivity index (χ2v) is 5.27. The number of nitrogens with zero attached hydrogens (tertiary/aromatic N) is 2. The van der Waals surface area contributed by atoms with E-state index in [-0.39, 0.29) is 6.04 Å². The molecule has 0 aliphatic carbocycles. The fourth-order valence-corrected chi connectivity index (χ4v) is 1.96. The highest BCUT2D eigenvalue weighted by Crippen LogP contribution is 2.27. The Kier molecular flexibility index (Phi) is 4.37. The maximum atomic E-state index is 5.93. The standard InChI is InChI=1S/C12H13BrClN3O/c1-2-8(15)6-11-16-12(17-18-11)7-3-4-10(14)9(13)5-7/h3-5,8H,2,6,15H2,1H3. The van der Waals surface area contributed by atoms with Crippen molar-refractivity contribution in [2.45, 2.75) is 25.8 Å². The third kappa shape index (κ3) is 3.10. The highest BCUT2D eigenvalue weighted by atomic mass is 79.9. The van der Waals surface area contributed by atoms with Gasteiger partial charge in [0.15, 0.2) is 0 Å². The maximum absolute atomic E-state index is 5.93. The van der Waals surface area contributed by atoms with Crippen molar-refractivity contribution < 1.29 is 4.52 Å². The average molecular weight is 331 g/mol. The van der Waals surface area contributed by atoms with Gasteiger partial charge in [-0.25, -0.2) is 0 Å². The molecule has 0 aliphatic heterocycles. The van der Waals surface area contributed by atoms with E-state index in [1.165, 1.54) is 0 Å². The number of benzene rings is 1. The largest absolute Gasteiger partial charge is 0.339 e. The Hall–Kier alpha value is -0.910. The van der Waals surface area contributed by atoms with Crippen molar-refractivity contribution >= 4 is 27.5 Å². The molecule has 0 amide bonds. The summed E-state index contributed by atoms with van der Waals surface area (Å²) >= 11 is 9.30. The molecule has 1 unspecified atom stereocenters. The second-order valence-electron chi connectivity index (χ2n) is 4.01. The minimum Gasteiger partial charge on any atom is -0.339 e. The van der Waals surface area contributed by atoms with E-state index < -0.39 is 0 Å². The third-order valence-corrected chi connectivity index (χ3v) is 3.82. The molecule has 6 heteroatoms. The Morgan fingerprint density at radius 2 is 2.28 bits per heavy atom. The third-order valence-electron chi connectivity index (χ3n) is 2.61. The maximum Gasteiger partial charge on any atom is 0.228 e. The zero-order chi connectivity index (χ0) is 13.1. The molecule has 18 heavy (non-hydrogen) atoms. The van der Waals surface area contributed by atoms with Crippen LogP contribution in [0.25, 0.3) is 11.4 Å². The van der Waals surface area contributed by atoms with E-state index in [9.17, 15) is 0 Å². The number of aromatic nitrogens is 2. The summed E-state index contributed by atoms with van der Waals surface area (Å²) in [6.07, 6.45) is 1.47. The van der Waals surface area contributed by atoms with Crippen LogP contribution in [0.2, 0.25) is 5.02 Å². The van der Waals surface area contributed by atoms with Gasteiger partial charge >= 0.3 is 0 Å². The number of rotatable bonds is 4. The van der Waals surface area contributed by atoms with Gasteiger partial charge in [-0.3, -0.25) is 0 Å². The summed E-state index contributed by atoms with van der Waals surface area (Å²) in [5.74, 6) is 1.11. The van der Waals surface area contributed by atoms with Crippen molar-refractivity contribution in [1.29, 1.82) is 0 Å². The Morgan fingerprint density at radius 3 is 2.94 bits per heavy atom. The molecule has 1 heterocycles. The normalized spacial score (nSPS) is 12.7. The van der Waals surface area contributed by atoms with Crippen LogP contribution in [0.5, 0.6) is 0 Å². The second kappa shape index (κ2) is 5.82. The highest BCUT2D eigenvalue weighted by molar-refractivity contribution is 9.10. The lowest BCUT2D eigenvalue weighted by Gasteiger charge is -2.02. The summed E-state index contributed by atoms with van der Waals surface area (Å²) in [7, 11) is 0. The van der Waals surface area contributed by atoms with Crippen molar-refractivity contribution in [3.8, 4) is 11.4 Å². The van der Waals surface area contributed by atoms with Crippen LogP contribution >= 0.6 is 27.5 Å². The van der Waals surface area contributed by atoms with Gasteiger partial charge < -0.3 is 10.3 Å². The predicted octanol–water partition coefficient (Wildman–Crippen LogP) is 3.43. The lowest BCUT2D eigenvalue weighted by molar-refractivity contribution is 0.368. The van der Waals surface area contributed by atoms with E-state index >= 15 is 0 Å². The molecule has 1 aromatic heterocycles. The summed E-state index contributed by atoms with van der Waals surface area (Å²) in [6, 6.07) is 5.54. The minimum absolute atomic E-state index is 0.0512. The lowest BCUT2D eigenvalue weighted by Crippen LogP contribution is -2.21. The molecule has 2 rings (SSSR count). The topological polar surface area (TPSA) is 64.9 Å². The van der Waals surface area contributed by atoms with Gasteiger partial charge in [0, 0.05) is 22.5 Å². The molecule has 0 bridgehead atoms. The molecule has 96 valence electrons. The van der Waals surface area contributed by atoms with Gasteiger partial charge in [-0.05, 0) is 40.5 Å². The van der Waals surface area contributed by atoms with Crippen LogP contribution in [-0.4, -0.2) is 16.2 Å². The summed E-state index contributed by atoms with van der Waals surface area (Å²) in [5.41, 5.74) is 6.70. The first-order chi connectivity index (χ1) is 8.60. The van der Waals surface area contributed by atoms with Crippen LogP contribution < -0.4 is 5.73 Å². The van der Waals surface area contributed by atoms with Gasteiger partial charge in [0.2, 0.25) is 11.7 Å². The Balaban J connectivity index is 2.21. The molecule has 0 radical (unpaired) electrons. The summed E-state index contributed by atoms with van der Waals surface area (Å²) in [6.45, 7) is 2.03. The van der Waals surface area contributed by atoms with Crippen LogP contribution in [-0.2, 0) is 6.42 Å². The molecule has 0 saturated carbocycles. The van der Waals surface area contributed by atoms with Gasteiger partial charge in [0.1, 0.15) is 0 Å². The van der Waals surface area contributed by atoms with E-state index in [0.29, 0.717) is 23.2 Å². The van der Waals surface area contributed by atoms with E-state index in [1.807, 2.05) is 19.1 Å². The van der Waals surface area contributed by atoms with Gasteiger partial charge in [0.05, 0.1) is 5.02 Å². The van der Waals surface area contributed by atoms with Crippen molar-refractivity contribution in [2.75, 3.05) is 0 Å². The molecule has 0 saturated heterocycles. The molecule has 1 atom stereocenters. The monoisotopic (exact) mass is 329 g/mol. The fraction of sp³-hybridized carbons (Fsp3) is 0.333. The molecular formula is C12H13BrClN3O. The minimum atomic E-state index is 0.0512. The van der Waals surface area contributed by atoms with E-state index in [4.69, 9.17) is 21.9 Å². The summed E-state index contributed by atoms with van der Waals surface area (Å²) in [5, 5.41) is 4.59. The molecule has 2 aromatic rings. The first kappa shape index (κ1) is 13.5. The molecule has 0 aliphatic rings. The first-order valence-corrected chi connectivity index (χ1v) is 6.80. The predicted molar refractivity (Wildman–Crippen MR) is 74.4 cm³/mol. The SMILES string of the molecule is CCC(N)Cc1nc(-c2ccc(Cl)c(Br)c2)no1. The highest BCUT2D eigenvalue weighted by Gasteiger charge is 2.12. The number of hydrogen-bond donors (Lipinski definition) is 1. The molecular weight excluding hydrogens is 318 g/mol. The van der Waals surface area contributed by atoms with Crippen molar-refractivity contribution in [1.82, 2.24) is 10.1 Å². The summed E-state index contributed by atoms with van der Waals surface area (Å²) in [4.78, 5) is 4.32. The molecule has 4 nitrogen and oxygen atoms in total. The Bertz CT molecular complexity index is 544. The Labute approximate surface area is 119 Å². The van der Waals surface area contributed by atoms with Gasteiger partial charge in [-0.1, -0.05) is 23.7 Å². The quantitative estimate of drug-likeness (QED) is 0.932. The fourth-order valence-electron chi connectivity index (χ4n) is 1.46. The number of hydrogen-bond acceptors (Lipinski definition) is 4. The molecule has 0 fully saturated rings. The van der Waals surface area contributed by atoms with E-state index in [1.54, 1.807) is 6.07 Å². The zero-order valence-corrected chi connectivity index (χ0v) is 12.2. The molecule has 1 aromatic carbocycles. The van der Waals surface area contributed by atoms with Gasteiger partial charge in [-0.2, -0.15) is 4.98 Å². The summed E-state index contributed by atoms with van der Waals surface area (Å²) < 4.78 is 5.98. The average Bonchev–Trinajstić information content (AvgIpc) is 2.81. The zero-order valence-electron chi connectivity index (χ0n) is 9.86. The molecule has 0 spiro atoms. The van der Waals surface area contributed by atoms with Gasteiger partial charge in [0.25, 0.3) is 0 Å². The van der Waals surface area contributed by atoms with Crippen molar-refractivity contribution in [2.24, 2.45) is 5.73 Å². The van der Waals surface area contributed by atoms with Crippen LogP contribution in [0.3, 0.4) is 0 Å². The van der Waals surface area contributed by atoms with Crippen molar-refractivity contribution in [3.05, 3.63) is 33.6 Å². The van der Waals surface area contributed by atoms with Crippen LogP contribution in [0.1, 0.15) is 19.2 Å².